The maximum atomic E-state index is 11.7. The SMILES string of the molecule is CC(=O)NC(CC(N)=O)C(=O)N1CC1C#N. The van der Waals surface area contributed by atoms with Gasteiger partial charge >= 0.3 is 0 Å². The Balaban J connectivity index is 2.62. The van der Waals surface area contributed by atoms with Gasteiger partial charge in [-0.2, -0.15) is 5.26 Å². The van der Waals surface area contributed by atoms with Gasteiger partial charge < -0.3 is 16.0 Å². The molecule has 0 radical (unpaired) electrons. The first-order valence-electron chi connectivity index (χ1n) is 4.71. The predicted octanol–water partition coefficient (Wildman–Crippen LogP) is -1.90. The first-order chi connectivity index (χ1) is 7.45. The Kier molecular flexibility index (Phi) is 3.45. The minimum Gasteiger partial charge on any atom is -0.370 e. The van der Waals surface area contributed by atoms with E-state index in [0.717, 1.165) is 0 Å². The molecule has 3 N–H and O–H groups in total. The van der Waals surface area contributed by atoms with E-state index in [-0.39, 0.29) is 6.42 Å². The number of carbonyl (C=O) groups is 3. The highest BCUT2D eigenvalue weighted by molar-refractivity contribution is 5.92. The Morgan fingerprint density at radius 1 is 1.62 bits per heavy atom. The first kappa shape index (κ1) is 12.0. The molecule has 1 fully saturated rings. The molecular formula is C9H12N4O3. The fourth-order valence-electron chi connectivity index (χ4n) is 1.34. The summed E-state index contributed by atoms with van der Waals surface area (Å²) in [6.45, 7) is 1.58. The molecule has 7 heteroatoms. The van der Waals surface area contributed by atoms with Crippen molar-refractivity contribution in [2.75, 3.05) is 6.54 Å². The molecule has 7 nitrogen and oxygen atoms in total. The van der Waals surface area contributed by atoms with Gasteiger partial charge in [0.1, 0.15) is 12.1 Å². The van der Waals surface area contributed by atoms with Crippen LogP contribution in [-0.4, -0.2) is 41.2 Å². The predicted molar refractivity (Wildman–Crippen MR) is 52.5 cm³/mol. The third kappa shape index (κ3) is 2.95. The van der Waals surface area contributed by atoms with Gasteiger partial charge in [-0.3, -0.25) is 14.4 Å². The van der Waals surface area contributed by atoms with Crippen LogP contribution in [0.3, 0.4) is 0 Å². The molecular weight excluding hydrogens is 212 g/mol. The summed E-state index contributed by atoms with van der Waals surface area (Å²) in [5, 5.41) is 10.9. The molecule has 1 aliphatic heterocycles. The minimum atomic E-state index is -0.964. The lowest BCUT2D eigenvalue weighted by molar-refractivity contribution is -0.133. The van der Waals surface area contributed by atoms with E-state index in [1.807, 2.05) is 6.07 Å². The topological polar surface area (TPSA) is 116 Å². The van der Waals surface area contributed by atoms with Crippen molar-refractivity contribution in [3.63, 3.8) is 0 Å². The average molecular weight is 224 g/mol. The van der Waals surface area contributed by atoms with E-state index in [1.165, 1.54) is 11.8 Å². The summed E-state index contributed by atoms with van der Waals surface area (Å²) >= 11 is 0. The van der Waals surface area contributed by atoms with Crippen LogP contribution in [0.25, 0.3) is 0 Å². The summed E-state index contributed by atoms with van der Waals surface area (Å²) < 4.78 is 0. The summed E-state index contributed by atoms with van der Waals surface area (Å²) in [5.41, 5.74) is 4.97. The number of nitrogens with one attached hydrogen (secondary N) is 1. The number of nitriles is 1. The van der Waals surface area contributed by atoms with Gasteiger partial charge in [0.25, 0.3) is 0 Å². The maximum absolute atomic E-state index is 11.7. The van der Waals surface area contributed by atoms with Crippen LogP contribution in [0.2, 0.25) is 0 Å². The van der Waals surface area contributed by atoms with E-state index in [1.54, 1.807) is 0 Å². The normalized spacial score (nSPS) is 19.5. The van der Waals surface area contributed by atoms with Gasteiger partial charge in [0.05, 0.1) is 19.0 Å². The second-order valence-corrected chi connectivity index (χ2v) is 3.56. The fourth-order valence-corrected chi connectivity index (χ4v) is 1.34. The number of amides is 3. The van der Waals surface area contributed by atoms with Crippen molar-refractivity contribution in [2.24, 2.45) is 5.73 Å². The van der Waals surface area contributed by atoms with Crippen molar-refractivity contribution < 1.29 is 14.4 Å². The molecule has 0 aliphatic carbocycles. The molecule has 1 aliphatic rings. The van der Waals surface area contributed by atoms with E-state index in [9.17, 15) is 14.4 Å². The smallest absolute Gasteiger partial charge is 0.246 e. The molecule has 3 amide bonds. The summed E-state index contributed by atoms with van der Waals surface area (Å²) in [5.74, 6) is -1.54. The lowest BCUT2D eigenvalue weighted by Crippen LogP contribution is -2.45. The van der Waals surface area contributed by atoms with Gasteiger partial charge in [0, 0.05) is 6.92 Å². The van der Waals surface area contributed by atoms with Crippen LogP contribution in [-0.2, 0) is 14.4 Å². The molecule has 1 rings (SSSR count). The van der Waals surface area contributed by atoms with Crippen LogP contribution in [0.5, 0.6) is 0 Å². The number of hydrogen-bond acceptors (Lipinski definition) is 4. The standard InChI is InChI=1S/C9H12N4O3/c1-5(14)12-7(2-8(11)15)9(16)13-4-6(13)3-10/h6-7H,2,4H2,1H3,(H2,11,15)(H,12,14). The molecule has 1 heterocycles. The molecule has 2 atom stereocenters. The molecule has 0 aromatic heterocycles. The number of primary amides is 1. The summed E-state index contributed by atoms with van der Waals surface area (Å²) in [6.07, 6.45) is -0.257. The zero-order valence-electron chi connectivity index (χ0n) is 8.77. The zero-order chi connectivity index (χ0) is 12.3. The third-order valence-electron chi connectivity index (χ3n) is 2.13. The second kappa shape index (κ2) is 4.61. The fraction of sp³-hybridized carbons (Fsp3) is 0.556. The highest BCUT2D eigenvalue weighted by Crippen LogP contribution is 2.18. The molecule has 0 saturated carbocycles. The molecule has 0 aromatic carbocycles. The van der Waals surface area contributed by atoms with Crippen molar-refractivity contribution in [2.45, 2.75) is 25.4 Å². The molecule has 0 spiro atoms. The largest absolute Gasteiger partial charge is 0.370 e. The summed E-state index contributed by atoms with van der Waals surface area (Å²) in [7, 11) is 0. The zero-order valence-corrected chi connectivity index (χ0v) is 8.77. The van der Waals surface area contributed by atoms with E-state index >= 15 is 0 Å². The number of carbonyl (C=O) groups excluding carboxylic acids is 3. The monoisotopic (exact) mass is 224 g/mol. The van der Waals surface area contributed by atoms with Crippen molar-refractivity contribution in [1.29, 1.82) is 5.26 Å². The van der Waals surface area contributed by atoms with Crippen LogP contribution in [0.15, 0.2) is 0 Å². The minimum absolute atomic E-state index is 0.257. The van der Waals surface area contributed by atoms with Crippen molar-refractivity contribution in [1.82, 2.24) is 10.2 Å². The Morgan fingerprint density at radius 2 is 2.25 bits per heavy atom. The van der Waals surface area contributed by atoms with E-state index in [0.29, 0.717) is 6.54 Å². The Hall–Kier alpha value is -2.10. The van der Waals surface area contributed by atoms with Gasteiger partial charge in [0.2, 0.25) is 17.7 Å². The van der Waals surface area contributed by atoms with Crippen LogP contribution in [0, 0.1) is 11.3 Å². The highest BCUT2D eigenvalue weighted by Gasteiger charge is 2.42. The molecule has 1 saturated heterocycles. The van der Waals surface area contributed by atoms with Crippen LogP contribution in [0.1, 0.15) is 13.3 Å². The van der Waals surface area contributed by atoms with Crippen molar-refractivity contribution in [3.05, 3.63) is 0 Å². The number of nitrogens with zero attached hydrogens (tertiary/aromatic N) is 2. The van der Waals surface area contributed by atoms with Gasteiger partial charge in [-0.05, 0) is 0 Å². The number of nitrogens with two attached hydrogens (primary N) is 1. The van der Waals surface area contributed by atoms with E-state index in [4.69, 9.17) is 11.0 Å². The molecule has 0 bridgehead atoms. The molecule has 0 aromatic rings. The molecule has 2 unspecified atom stereocenters. The van der Waals surface area contributed by atoms with E-state index < -0.39 is 29.8 Å². The highest BCUT2D eigenvalue weighted by atomic mass is 16.2. The van der Waals surface area contributed by atoms with Crippen LogP contribution in [0.4, 0.5) is 0 Å². The lowest BCUT2D eigenvalue weighted by atomic mass is 10.2. The van der Waals surface area contributed by atoms with Crippen molar-refractivity contribution >= 4 is 17.7 Å². The van der Waals surface area contributed by atoms with Gasteiger partial charge in [0.15, 0.2) is 0 Å². The Labute approximate surface area is 92.2 Å². The Morgan fingerprint density at radius 3 is 2.62 bits per heavy atom. The Bertz CT molecular complexity index is 357. The quantitative estimate of drug-likeness (QED) is 0.542. The number of rotatable bonds is 4. The second-order valence-electron chi connectivity index (χ2n) is 3.56. The first-order valence-corrected chi connectivity index (χ1v) is 4.71. The van der Waals surface area contributed by atoms with E-state index in [2.05, 4.69) is 5.32 Å². The summed E-state index contributed by atoms with van der Waals surface area (Å²) in [6, 6.07) is 0.496. The number of hydrogen-bond donors (Lipinski definition) is 2. The van der Waals surface area contributed by atoms with Crippen LogP contribution < -0.4 is 11.1 Å². The van der Waals surface area contributed by atoms with Crippen LogP contribution >= 0.6 is 0 Å². The maximum Gasteiger partial charge on any atom is 0.246 e. The third-order valence-corrected chi connectivity index (χ3v) is 2.13. The lowest BCUT2D eigenvalue weighted by Gasteiger charge is -2.15. The van der Waals surface area contributed by atoms with Crippen molar-refractivity contribution in [3.8, 4) is 6.07 Å². The molecule has 86 valence electrons. The summed E-state index contributed by atoms with van der Waals surface area (Å²) in [4.78, 5) is 34.5. The van der Waals surface area contributed by atoms with Gasteiger partial charge in [-0.25, -0.2) is 0 Å². The van der Waals surface area contributed by atoms with Gasteiger partial charge in [-0.1, -0.05) is 0 Å². The molecule has 16 heavy (non-hydrogen) atoms. The van der Waals surface area contributed by atoms with Gasteiger partial charge in [-0.15, -0.1) is 0 Å². The average Bonchev–Trinajstić information content (AvgIpc) is 2.93.